The highest BCUT2D eigenvalue weighted by Crippen LogP contribution is 2.29. The summed E-state index contributed by atoms with van der Waals surface area (Å²) in [7, 11) is 0. The molecule has 2 rings (SSSR count). The molecule has 0 saturated heterocycles. The van der Waals surface area contributed by atoms with E-state index in [0.29, 0.717) is 24.5 Å². The van der Waals surface area contributed by atoms with Gasteiger partial charge in [0, 0.05) is 11.6 Å². The number of carboxylic acid groups (broad SMARTS) is 1. The zero-order valence-corrected chi connectivity index (χ0v) is 13.2. The van der Waals surface area contributed by atoms with Crippen LogP contribution < -0.4 is 10.1 Å². The molecular weight excluding hydrogens is 306 g/mol. The molecule has 2 unspecified atom stereocenters. The second-order valence-corrected chi connectivity index (χ2v) is 5.97. The van der Waals surface area contributed by atoms with Crippen molar-refractivity contribution < 1.29 is 19.4 Å². The summed E-state index contributed by atoms with van der Waals surface area (Å²) < 4.78 is 5.58. The molecule has 0 fully saturated rings. The number of carboxylic acids is 1. The summed E-state index contributed by atoms with van der Waals surface area (Å²) in [4.78, 5) is 23.3. The van der Waals surface area contributed by atoms with Gasteiger partial charge in [0.15, 0.2) is 0 Å². The van der Waals surface area contributed by atoms with Crippen molar-refractivity contribution in [2.24, 2.45) is 11.8 Å². The minimum absolute atomic E-state index is 0.154. The van der Waals surface area contributed by atoms with Gasteiger partial charge in [-0.2, -0.15) is 0 Å². The van der Waals surface area contributed by atoms with Crippen LogP contribution in [-0.2, 0) is 16.0 Å². The fourth-order valence-electron chi connectivity index (χ4n) is 2.56. The average molecular weight is 326 g/mol. The Morgan fingerprint density at radius 2 is 2.27 bits per heavy atom. The zero-order chi connectivity index (χ0) is 16.1. The monoisotopic (exact) mass is 325 g/mol. The molecule has 120 valence electrons. The molecule has 1 heterocycles. The van der Waals surface area contributed by atoms with Gasteiger partial charge >= 0.3 is 5.97 Å². The molecule has 1 aliphatic rings. The molecule has 1 aromatic carbocycles. The standard InChI is InChI=1S/C16H20ClNO4/c1-2-3-10(16(20)21)8-18-15(19)12-6-11-7-13(17)4-5-14(11)22-9-12/h4-5,7,10,12H,2-3,6,8-9H2,1H3,(H,18,19)(H,20,21). The molecule has 22 heavy (non-hydrogen) atoms. The molecular formula is C16H20ClNO4. The fraction of sp³-hybridized carbons (Fsp3) is 0.500. The second-order valence-electron chi connectivity index (χ2n) is 5.53. The van der Waals surface area contributed by atoms with Crippen molar-refractivity contribution in [3.8, 4) is 5.75 Å². The van der Waals surface area contributed by atoms with Gasteiger partial charge in [0.05, 0.1) is 11.8 Å². The summed E-state index contributed by atoms with van der Waals surface area (Å²) in [5.74, 6) is -1.16. The van der Waals surface area contributed by atoms with Crippen LogP contribution in [0.5, 0.6) is 5.75 Å². The van der Waals surface area contributed by atoms with Gasteiger partial charge in [0.2, 0.25) is 5.91 Å². The maximum atomic E-state index is 12.2. The SMILES string of the molecule is CCCC(CNC(=O)C1COc2ccc(Cl)cc2C1)C(=O)O. The van der Waals surface area contributed by atoms with Crippen LogP contribution in [-0.4, -0.2) is 30.1 Å². The van der Waals surface area contributed by atoms with Gasteiger partial charge in [-0.15, -0.1) is 0 Å². The first-order chi connectivity index (χ1) is 10.5. The molecule has 0 aliphatic carbocycles. The predicted octanol–water partition coefficient (Wildman–Crippen LogP) is 2.51. The van der Waals surface area contributed by atoms with E-state index >= 15 is 0 Å². The summed E-state index contributed by atoms with van der Waals surface area (Å²) in [6.45, 7) is 2.38. The Balaban J connectivity index is 1.92. The first kappa shape index (κ1) is 16.6. The molecule has 1 aromatic rings. The van der Waals surface area contributed by atoms with Crippen LogP contribution >= 0.6 is 11.6 Å². The Bertz CT molecular complexity index is 561. The molecule has 0 aromatic heterocycles. The summed E-state index contributed by atoms with van der Waals surface area (Å²) >= 11 is 5.95. The highest BCUT2D eigenvalue weighted by molar-refractivity contribution is 6.30. The lowest BCUT2D eigenvalue weighted by Crippen LogP contribution is -2.40. The van der Waals surface area contributed by atoms with Crippen LogP contribution in [0.25, 0.3) is 0 Å². The first-order valence-electron chi connectivity index (χ1n) is 7.43. The normalized spacial score (nSPS) is 18.0. The number of benzene rings is 1. The molecule has 1 aliphatic heterocycles. The second kappa shape index (κ2) is 7.49. The minimum Gasteiger partial charge on any atom is -0.492 e. The Kier molecular flexibility index (Phi) is 5.66. The Labute approximate surface area is 134 Å². The third-order valence-corrected chi connectivity index (χ3v) is 4.04. The lowest BCUT2D eigenvalue weighted by Gasteiger charge is -2.25. The molecule has 1 amide bonds. The van der Waals surface area contributed by atoms with Gasteiger partial charge < -0.3 is 15.2 Å². The number of carbonyl (C=O) groups excluding carboxylic acids is 1. The molecule has 5 nitrogen and oxygen atoms in total. The van der Waals surface area contributed by atoms with Crippen LogP contribution in [0.3, 0.4) is 0 Å². The van der Waals surface area contributed by atoms with Gasteiger partial charge in [-0.25, -0.2) is 0 Å². The van der Waals surface area contributed by atoms with Crippen LogP contribution in [0.1, 0.15) is 25.3 Å². The van der Waals surface area contributed by atoms with Gasteiger partial charge in [0.25, 0.3) is 0 Å². The molecule has 0 bridgehead atoms. The largest absolute Gasteiger partial charge is 0.492 e. The topological polar surface area (TPSA) is 75.6 Å². The lowest BCUT2D eigenvalue weighted by atomic mass is 9.95. The number of aliphatic carboxylic acids is 1. The Morgan fingerprint density at radius 1 is 1.50 bits per heavy atom. The summed E-state index contributed by atoms with van der Waals surface area (Å²) in [5, 5.41) is 12.4. The van der Waals surface area contributed by atoms with E-state index in [1.54, 1.807) is 18.2 Å². The predicted molar refractivity (Wildman–Crippen MR) is 83.2 cm³/mol. The van der Waals surface area contributed by atoms with Gasteiger partial charge in [-0.3, -0.25) is 9.59 Å². The highest BCUT2D eigenvalue weighted by atomic mass is 35.5. The van der Waals surface area contributed by atoms with E-state index in [2.05, 4.69) is 5.32 Å². The number of halogens is 1. The maximum Gasteiger partial charge on any atom is 0.308 e. The molecule has 0 saturated carbocycles. The number of nitrogens with one attached hydrogen (secondary N) is 1. The van der Waals surface area contributed by atoms with Crippen molar-refractivity contribution in [3.05, 3.63) is 28.8 Å². The molecule has 0 radical (unpaired) electrons. The third kappa shape index (κ3) is 4.13. The lowest BCUT2D eigenvalue weighted by molar-refractivity contribution is -0.142. The van der Waals surface area contributed by atoms with E-state index in [9.17, 15) is 9.59 Å². The van der Waals surface area contributed by atoms with Crippen molar-refractivity contribution in [1.29, 1.82) is 0 Å². The molecule has 0 spiro atoms. The van der Waals surface area contributed by atoms with Crippen LogP contribution in [0.15, 0.2) is 18.2 Å². The maximum absolute atomic E-state index is 12.2. The van der Waals surface area contributed by atoms with E-state index in [1.165, 1.54) is 0 Å². The van der Waals surface area contributed by atoms with Crippen LogP contribution in [0.2, 0.25) is 5.02 Å². The number of ether oxygens (including phenoxy) is 1. The highest BCUT2D eigenvalue weighted by Gasteiger charge is 2.27. The molecule has 6 heteroatoms. The zero-order valence-electron chi connectivity index (χ0n) is 12.5. The number of fused-ring (bicyclic) bond motifs is 1. The van der Waals surface area contributed by atoms with Crippen molar-refractivity contribution in [3.63, 3.8) is 0 Å². The van der Waals surface area contributed by atoms with E-state index in [0.717, 1.165) is 17.7 Å². The quantitative estimate of drug-likeness (QED) is 0.842. The smallest absolute Gasteiger partial charge is 0.308 e. The average Bonchev–Trinajstić information content (AvgIpc) is 2.50. The van der Waals surface area contributed by atoms with Gasteiger partial charge in [-0.05, 0) is 36.6 Å². The van der Waals surface area contributed by atoms with Crippen LogP contribution in [0.4, 0.5) is 0 Å². The van der Waals surface area contributed by atoms with E-state index < -0.39 is 11.9 Å². The molecule has 2 atom stereocenters. The van der Waals surface area contributed by atoms with E-state index in [-0.39, 0.29) is 18.4 Å². The summed E-state index contributed by atoms with van der Waals surface area (Å²) in [5.41, 5.74) is 0.905. The van der Waals surface area contributed by atoms with Crippen molar-refractivity contribution in [2.75, 3.05) is 13.2 Å². The molecule has 2 N–H and O–H groups in total. The van der Waals surface area contributed by atoms with E-state index in [1.807, 2.05) is 6.92 Å². The Hall–Kier alpha value is -1.75. The number of rotatable bonds is 6. The van der Waals surface area contributed by atoms with Crippen molar-refractivity contribution in [1.82, 2.24) is 5.32 Å². The minimum atomic E-state index is -0.876. The summed E-state index contributed by atoms with van der Waals surface area (Å²) in [6.07, 6.45) is 1.87. The first-order valence-corrected chi connectivity index (χ1v) is 7.80. The number of hydrogen-bond acceptors (Lipinski definition) is 3. The van der Waals surface area contributed by atoms with Crippen LogP contribution in [0, 0.1) is 11.8 Å². The van der Waals surface area contributed by atoms with Gasteiger partial charge in [-0.1, -0.05) is 24.9 Å². The third-order valence-electron chi connectivity index (χ3n) is 3.81. The van der Waals surface area contributed by atoms with Crippen molar-refractivity contribution >= 4 is 23.5 Å². The number of amides is 1. The number of carbonyl (C=O) groups is 2. The van der Waals surface area contributed by atoms with Gasteiger partial charge in [0.1, 0.15) is 12.4 Å². The van der Waals surface area contributed by atoms with Crippen molar-refractivity contribution in [2.45, 2.75) is 26.2 Å². The fourth-order valence-corrected chi connectivity index (χ4v) is 2.76. The number of hydrogen-bond donors (Lipinski definition) is 2. The van der Waals surface area contributed by atoms with E-state index in [4.69, 9.17) is 21.4 Å². The Morgan fingerprint density at radius 3 is 2.95 bits per heavy atom. The summed E-state index contributed by atoms with van der Waals surface area (Å²) in [6, 6.07) is 5.35.